The quantitative estimate of drug-likeness (QED) is 0.533. The molecule has 0 aliphatic rings. The number of carbonyl (C=O) groups is 2. The van der Waals surface area contributed by atoms with E-state index >= 15 is 0 Å². The Morgan fingerprint density at radius 1 is 0.926 bits per heavy atom. The van der Waals surface area contributed by atoms with E-state index in [1.807, 2.05) is 46.9 Å². The number of thioether (sulfide) groups is 1. The number of fused-ring (bicyclic) bond motifs is 3. The number of pyridine rings is 1. The maximum Gasteiger partial charge on any atom is 0.325 e. The van der Waals surface area contributed by atoms with Gasteiger partial charge in [0.05, 0.1) is 11.3 Å². The van der Waals surface area contributed by atoms with Gasteiger partial charge in [0, 0.05) is 5.69 Å². The van der Waals surface area contributed by atoms with E-state index < -0.39 is 11.9 Å². The lowest BCUT2D eigenvalue weighted by atomic mass is 10.2. The normalized spacial score (nSPS) is 10.8. The highest BCUT2D eigenvalue weighted by molar-refractivity contribution is 7.99. The molecule has 0 aliphatic carbocycles. The molecule has 0 unspecified atom stereocenters. The Labute approximate surface area is 158 Å². The number of nitrogens with zero attached hydrogens (tertiary/aromatic N) is 3. The molecule has 0 saturated carbocycles. The molecular formula is C19H15N5O2S. The number of benzene rings is 2. The number of nitrogens with one attached hydrogen (secondary N) is 2. The summed E-state index contributed by atoms with van der Waals surface area (Å²) in [6.07, 6.45) is 0. The Morgan fingerprint density at radius 2 is 1.70 bits per heavy atom. The number of aromatic nitrogens is 3. The molecule has 4 rings (SSSR count). The smallest absolute Gasteiger partial charge is 0.308 e. The van der Waals surface area contributed by atoms with E-state index in [1.54, 1.807) is 24.3 Å². The lowest BCUT2D eigenvalue weighted by Crippen LogP contribution is -2.35. The number of rotatable bonds is 4. The summed E-state index contributed by atoms with van der Waals surface area (Å²) in [4.78, 5) is 24.0. The van der Waals surface area contributed by atoms with Gasteiger partial charge in [0.15, 0.2) is 10.8 Å². The molecule has 7 nitrogen and oxygen atoms in total. The Kier molecular flexibility index (Phi) is 4.71. The first kappa shape index (κ1) is 17.0. The van der Waals surface area contributed by atoms with Crippen molar-refractivity contribution in [1.82, 2.24) is 19.9 Å². The molecule has 8 heteroatoms. The predicted molar refractivity (Wildman–Crippen MR) is 105 cm³/mol. The molecule has 0 bridgehead atoms. The highest BCUT2D eigenvalue weighted by Crippen LogP contribution is 2.22. The first-order valence-electron chi connectivity index (χ1n) is 8.22. The molecule has 2 aromatic carbocycles. The van der Waals surface area contributed by atoms with Crippen molar-refractivity contribution in [2.45, 2.75) is 5.16 Å². The van der Waals surface area contributed by atoms with Crippen molar-refractivity contribution in [3.8, 4) is 0 Å². The number of hydrogen-bond donors (Lipinski definition) is 2. The average molecular weight is 377 g/mol. The number of anilines is 1. The van der Waals surface area contributed by atoms with Crippen LogP contribution in [0.5, 0.6) is 0 Å². The molecule has 4 aromatic rings. The van der Waals surface area contributed by atoms with Crippen molar-refractivity contribution in [2.75, 3.05) is 11.1 Å². The zero-order chi connectivity index (χ0) is 18.6. The molecule has 134 valence electrons. The third-order valence-corrected chi connectivity index (χ3v) is 4.79. The highest BCUT2D eigenvalue weighted by atomic mass is 32.2. The van der Waals surface area contributed by atoms with E-state index in [9.17, 15) is 9.59 Å². The Bertz CT molecular complexity index is 1130. The molecule has 27 heavy (non-hydrogen) atoms. The second-order valence-corrected chi connectivity index (χ2v) is 6.67. The fourth-order valence-electron chi connectivity index (χ4n) is 2.68. The van der Waals surface area contributed by atoms with Crippen LogP contribution in [0, 0.1) is 0 Å². The van der Waals surface area contributed by atoms with Crippen LogP contribution < -0.4 is 10.6 Å². The summed E-state index contributed by atoms with van der Waals surface area (Å²) < 4.78 is 1.90. The van der Waals surface area contributed by atoms with Crippen LogP contribution in [-0.2, 0) is 4.79 Å². The summed E-state index contributed by atoms with van der Waals surface area (Å²) in [6.45, 7) is 0. The van der Waals surface area contributed by atoms with Crippen LogP contribution >= 0.6 is 11.8 Å². The molecule has 2 aromatic heterocycles. The second-order valence-electron chi connectivity index (χ2n) is 5.73. The summed E-state index contributed by atoms with van der Waals surface area (Å²) in [5.74, 6) is -0.364. The lowest BCUT2D eigenvalue weighted by Gasteiger charge is -2.07. The number of hydrogen-bond acceptors (Lipinski definition) is 5. The van der Waals surface area contributed by atoms with E-state index in [-0.39, 0.29) is 5.75 Å². The molecule has 2 heterocycles. The van der Waals surface area contributed by atoms with Crippen molar-refractivity contribution in [2.24, 2.45) is 0 Å². The third kappa shape index (κ3) is 3.75. The SMILES string of the molecule is O=C(CSc1nnc2ccc3ccccc3n12)NC(=O)Nc1ccccc1. The van der Waals surface area contributed by atoms with Crippen LogP contribution in [0.3, 0.4) is 0 Å². The zero-order valence-corrected chi connectivity index (χ0v) is 14.9. The van der Waals surface area contributed by atoms with Crippen LogP contribution in [0.4, 0.5) is 10.5 Å². The highest BCUT2D eigenvalue weighted by Gasteiger charge is 2.13. The van der Waals surface area contributed by atoms with Gasteiger partial charge in [-0.15, -0.1) is 10.2 Å². The Balaban J connectivity index is 1.43. The van der Waals surface area contributed by atoms with Gasteiger partial charge in [0.2, 0.25) is 5.91 Å². The number of amides is 3. The monoisotopic (exact) mass is 377 g/mol. The standard InChI is InChI=1S/C19H15N5O2S/c25-17(21-18(26)20-14-7-2-1-3-8-14)12-27-19-23-22-16-11-10-13-6-4-5-9-15(13)24(16)19/h1-11H,12H2,(H2,20,21,25,26). The van der Waals surface area contributed by atoms with Crippen LogP contribution in [0.2, 0.25) is 0 Å². The molecule has 0 spiro atoms. The molecule has 0 atom stereocenters. The van der Waals surface area contributed by atoms with Gasteiger partial charge in [-0.25, -0.2) is 4.79 Å². The van der Waals surface area contributed by atoms with Gasteiger partial charge >= 0.3 is 6.03 Å². The fraction of sp³-hybridized carbons (Fsp3) is 0.0526. The molecule has 3 amide bonds. The van der Waals surface area contributed by atoms with Crippen LogP contribution in [0.25, 0.3) is 16.6 Å². The fourth-order valence-corrected chi connectivity index (χ4v) is 3.43. The summed E-state index contributed by atoms with van der Waals surface area (Å²) in [5.41, 5.74) is 2.29. The topological polar surface area (TPSA) is 88.4 Å². The van der Waals surface area contributed by atoms with E-state index in [0.717, 1.165) is 10.9 Å². The number of para-hydroxylation sites is 2. The maximum absolute atomic E-state index is 12.1. The van der Waals surface area contributed by atoms with Crippen molar-refractivity contribution in [3.05, 3.63) is 66.7 Å². The van der Waals surface area contributed by atoms with E-state index in [4.69, 9.17) is 0 Å². The van der Waals surface area contributed by atoms with E-state index in [0.29, 0.717) is 16.5 Å². The van der Waals surface area contributed by atoms with Gasteiger partial charge < -0.3 is 5.32 Å². The first-order chi connectivity index (χ1) is 13.2. The summed E-state index contributed by atoms with van der Waals surface area (Å²) in [7, 11) is 0. The van der Waals surface area contributed by atoms with Crippen molar-refractivity contribution in [3.63, 3.8) is 0 Å². The molecule has 0 saturated heterocycles. The Hall–Kier alpha value is -3.39. The molecule has 0 aliphatic heterocycles. The summed E-state index contributed by atoms with van der Waals surface area (Å²) >= 11 is 1.23. The van der Waals surface area contributed by atoms with Crippen molar-refractivity contribution in [1.29, 1.82) is 0 Å². The van der Waals surface area contributed by atoms with Crippen LogP contribution in [0.15, 0.2) is 71.9 Å². The predicted octanol–water partition coefficient (Wildman–Crippen LogP) is 3.32. The van der Waals surface area contributed by atoms with Crippen molar-refractivity contribution >= 4 is 45.9 Å². The number of urea groups is 1. The van der Waals surface area contributed by atoms with Gasteiger partial charge in [0.25, 0.3) is 0 Å². The van der Waals surface area contributed by atoms with Gasteiger partial charge in [-0.05, 0) is 35.7 Å². The maximum atomic E-state index is 12.1. The number of imide groups is 1. The average Bonchev–Trinajstić information content (AvgIpc) is 3.11. The minimum absolute atomic E-state index is 0.0478. The van der Waals surface area contributed by atoms with Gasteiger partial charge in [-0.2, -0.15) is 0 Å². The Morgan fingerprint density at radius 3 is 2.56 bits per heavy atom. The van der Waals surface area contributed by atoms with Crippen LogP contribution in [-0.4, -0.2) is 32.3 Å². The molecule has 2 N–H and O–H groups in total. The summed E-state index contributed by atoms with van der Waals surface area (Å²) in [6, 6.07) is 20.1. The van der Waals surface area contributed by atoms with E-state index in [1.165, 1.54) is 11.8 Å². The first-order valence-corrected chi connectivity index (χ1v) is 9.21. The molecule has 0 radical (unpaired) electrons. The molecule has 0 fully saturated rings. The lowest BCUT2D eigenvalue weighted by molar-refractivity contribution is -0.117. The minimum atomic E-state index is -0.566. The zero-order valence-electron chi connectivity index (χ0n) is 14.1. The van der Waals surface area contributed by atoms with E-state index in [2.05, 4.69) is 20.8 Å². The van der Waals surface area contributed by atoms with Gasteiger partial charge in [-0.3, -0.25) is 14.5 Å². The van der Waals surface area contributed by atoms with Gasteiger partial charge in [0.1, 0.15) is 0 Å². The van der Waals surface area contributed by atoms with Crippen molar-refractivity contribution < 1.29 is 9.59 Å². The summed E-state index contributed by atoms with van der Waals surface area (Å²) in [5, 5.41) is 14.9. The second kappa shape index (κ2) is 7.46. The number of carbonyl (C=O) groups excluding carboxylic acids is 2. The third-order valence-electron chi connectivity index (χ3n) is 3.86. The molecular weight excluding hydrogens is 362 g/mol. The van der Waals surface area contributed by atoms with Crippen LogP contribution in [0.1, 0.15) is 0 Å². The minimum Gasteiger partial charge on any atom is -0.308 e. The van der Waals surface area contributed by atoms with Gasteiger partial charge in [-0.1, -0.05) is 48.2 Å². The largest absolute Gasteiger partial charge is 0.325 e.